The molecular formula is C12H11Cl2NO2. The highest BCUT2D eigenvalue weighted by molar-refractivity contribution is 6.36. The lowest BCUT2D eigenvalue weighted by Crippen LogP contribution is -2.34. The SMILES string of the molecule is O=C(O)C1c2c(Cl)ccc(Cl)c2NCC12CC2. The van der Waals surface area contributed by atoms with E-state index in [1.54, 1.807) is 12.1 Å². The highest BCUT2D eigenvalue weighted by Gasteiger charge is 2.56. The quantitative estimate of drug-likeness (QED) is 0.824. The Kier molecular flexibility index (Phi) is 2.32. The minimum atomic E-state index is -0.811. The minimum Gasteiger partial charge on any atom is -0.481 e. The molecule has 0 saturated heterocycles. The number of hydrogen-bond donors (Lipinski definition) is 2. The molecule has 17 heavy (non-hydrogen) atoms. The van der Waals surface area contributed by atoms with E-state index in [0.717, 1.165) is 12.8 Å². The average Bonchev–Trinajstić information content (AvgIpc) is 3.03. The molecule has 3 rings (SSSR count). The maximum Gasteiger partial charge on any atom is 0.311 e. The number of carboxylic acid groups (broad SMARTS) is 1. The fraction of sp³-hybridized carbons (Fsp3) is 0.417. The van der Waals surface area contributed by atoms with Crippen LogP contribution in [0.4, 0.5) is 5.69 Å². The van der Waals surface area contributed by atoms with Gasteiger partial charge in [-0.25, -0.2) is 0 Å². The van der Waals surface area contributed by atoms with Crippen LogP contribution in [0.5, 0.6) is 0 Å². The zero-order valence-electron chi connectivity index (χ0n) is 8.96. The van der Waals surface area contributed by atoms with Crippen LogP contribution in [0.15, 0.2) is 12.1 Å². The van der Waals surface area contributed by atoms with E-state index in [2.05, 4.69) is 5.32 Å². The topological polar surface area (TPSA) is 49.3 Å². The molecule has 5 heteroatoms. The first kappa shape index (κ1) is 11.2. The van der Waals surface area contributed by atoms with Gasteiger partial charge in [0.15, 0.2) is 0 Å². The number of benzene rings is 1. The second kappa shape index (κ2) is 3.53. The Morgan fingerprint density at radius 2 is 2.00 bits per heavy atom. The molecule has 1 atom stereocenters. The molecule has 1 aliphatic heterocycles. The number of hydrogen-bond acceptors (Lipinski definition) is 2. The maximum absolute atomic E-state index is 11.5. The van der Waals surface area contributed by atoms with E-state index >= 15 is 0 Å². The number of fused-ring (bicyclic) bond motifs is 1. The molecule has 3 nitrogen and oxygen atoms in total. The fourth-order valence-electron chi connectivity index (χ4n) is 2.71. The molecule has 1 aromatic carbocycles. The fourth-order valence-corrected chi connectivity index (χ4v) is 3.21. The van der Waals surface area contributed by atoms with Crippen molar-refractivity contribution in [3.05, 3.63) is 27.7 Å². The number of anilines is 1. The Bertz CT molecular complexity index is 511. The number of halogens is 2. The van der Waals surface area contributed by atoms with E-state index < -0.39 is 11.9 Å². The molecule has 2 N–H and O–H groups in total. The van der Waals surface area contributed by atoms with E-state index in [1.807, 2.05) is 0 Å². The number of carboxylic acids is 1. The predicted octanol–water partition coefficient (Wildman–Crippen LogP) is 3.37. The Hall–Kier alpha value is -0.930. The zero-order valence-corrected chi connectivity index (χ0v) is 10.5. The van der Waals surface area contributed by atoms with Crippen LogP contribution in [0.2, 0.25) is 10.0 Å². The largest absolute Gasteiger partial charge is 0.481 e. The first-order valence-electron chi connectivity index (χ1n) is 5.50. The third-order valence-electron chi connectivity index (χ3n) is 3.80. The number of rotatable bonds is 1. The monoisotopic (exact) mass is 271 g/mol. The van der Waals surface area contributed by atoms with Crippen LogP contribution in [0.25, 0.3) is 0 Å². The number of nitrogens with one attached hydrogen (secondary N) is 1. The minimum absolute atomic E-state index is 0.160. The lowest BCUT2D eigenvalue weighted by molar-refractivity contribution is -0.140. The zero-order chi connectivity index (χ0) is 12.2. The van der Waals surface area contributed by atoms with Gasteiger partial charge in [-0.2, -0.15) is 0 Å². The molecule has 1 fully saturated rings. The lowest BCUT2D eigenvalue weighted by Gasteiger charge is -2.33. The van der Waals surface area contributed by atoms with E-state index in [0.29, 0.717) is 27.8 Å². The molecule has 1 unspecified atom stereocenters. The summed E-state index contributed by atoms with van der Waals surface area (Å²) < 4.78 is 0. The average molecular weight is 272 g/mol. The summed E-state index contributed by atoms with van der Waals surface area (Å²) in [5.41, 5.74) is 1.17. The Morgan fingerprint density at radius 1 is 1.35 bits per heavy atom. The third kappa shape index (κ3) is 1.53. The predicted molar refractivity (Wildman–Crippen MR) is 67.0 cm³/mol. The van der Waals surface area contributed by atoms with Crippen molar-refractivity contribution in [1.29, 1.82) is 0 Å². The molecule has 0 amide bonds. The Labute approximate surface area is 109 Å². The van der Waals surface area contributed by atoms with Gasteiger partial charge < -0.3 is 10.4 Å². The number of aliphatic carboxylic acids is 1. The van der Waals surface area contributed by atoms with E-state index in [-0.39, 0.29) is 5.41 Å². The summed E-state index contributed by atoms with van der Waals surface area (Å²) in [7, 11) is 0. The van der Waals surface area contributed by atoms with Crippen molar-refractivity contribution in [3.63, 3.8) is 0 Å². The maximum atomic E-state index is 11.5. The van der Waals surface area contributed by atoms with Crippen LogP contribution in [0.3, 0.4) is 0 Å². The highest BCUT2D eigenvalue weighted by atomic mass is 35.5. The van der Waals surface area contributed by atoms with Gasteiger partial charge in [0, 0.05) is 22.5 Å². The summed E-state index contributed by atoms with van der Waals surface area (Å²) in [6, 6.07) is 3.36. The van der Waals surface area contributed by atoms with Gasteiger partial charge in [0.2, 0.25) is 0 Å². The summed E-state index contributed by atoms with van der Waals surface area (Å²) in [5, 5.41) is 13.7. The standard InChI is InChI=1S/C12H11Cl2NO2/c13-6-1-2-7(14)10-8(6)9(11(16)17)12(3-4-12)5-15-10/h1-2,9,15H,3-5H2,(H,16,17). The van der Waals surface area contributed by atoms with Gasteiger partial charge in [-0.05, 0) is 25.0 Å². The van der Waals surface area contributed by atoms with E-state index in [1.165, 1.54) is 0 Å². The van der Waals surface area contributed by atoms with E-state index in [9.17, 15) is 9.90 Å². The van der Waals surface area contributed by atoms with Crippen molar-refractivity contribution >= 4 is 34.9 Å². The van der Waals surface area contributed by atoms with Gasteiger partial charge >= 0.3 is 5.97 Å². The van der Waals surface area contributed by atoms with Crippen LogP contribution in [0, 0.1) is 5.41 Å². The van der Waals surface area contributed by atoms with Crippen molar-refractivity contribution in [3.8, 4) is 0 Å². The first-order valence-corrected chi connectivity index (χ1v) is 6.25. The molecule has 0 radical (unpaired) electrons. The summed E-state index contributed by atoms with van der Waals surface area (Å²) in [6.07, 6.45) is 1.86. The molecule has 90 valence electrons. The Balaban J connectivity index is 2.21. The second-order valence-electron chi connectivity index (χ2n) is 4.81. The normalized spacial score (nSPS) is 24.0. The van der Waals surface area contributed by atoms with Gasteiger partial charge in [-0.3, -0.25) is 4.79 Å². The van der Waals surface area contributed by atoms with Crippen LogP contribution in [-0.2, 0) is 4.79 Å². The van der Waals surface area contributed by atoms with Gasteiger partial charge in [0.25, 0.3) is 0 Å². The molecule has 1 heterocycles. The van der Waals surface area contributed by atoms with Crippen LogP contribution < -0.4 is 5.32 Å². The molecular weight excluding hydrogens is 261 g/mol. The first-order chi connectivity index (χ1) is 8.05. The van der Waals surface area contributed by atoms with Crippen LogP contribution >= 0.6 is 23.2 Å². The second-order valence-corrected chi connectivity index (χ2v) is 5.62. The highest BCUT2D eigenvalue weighted by Crippen LogP contribution is 2.61. The van der Waals surface area contributed by atoms with Gasteiger partial charge in [-0.1, -0.05) is 23.2 Å². The van der Waals surface area contributed by atoms with Gasteiger partial charge in [0.1, 0.15) is 0 Å². The Morgan fingerprint density at radius 3 is 2.59 bits per heavy atom. The van der Waals surface area contributed by atoms with Crippen molar-refractivity contribution < 1.29 is 9.90 Å². The number of carbonyl (C=O) groups is 1. The molecule has 1 aromatic rings. The molecule has 0 aromatic heterocycles. The molecule has 1 aliphatic carbocycles. The van der Waals surface area contributed by atoms with Crippen molar-refractivity contribution in [2.24, 2.45) is 5.41 Å². The summed E-state index contributed by atoms with van der Waals surface area (Å²) in [6.45, 7) is 0.664. The summed E-state index contributed by atoms with van der Waals surface area (Å²) in [4.78, 5) is 11.5. The molecule has 2 aliphatic rings. The van der Waals surface area contributed by atoms with Gasteiger partial charge in [-0.15, -0.1) is 0 Å². The van der Waals surface area contributed by atoms with Crippen LogP contribution in [-0.4, -0.2) is 17.6 Å². The summed E-state index contributed by atoms with van der Waals surface area (Å²) >= 11 is 12.2. The van der Waals surface area contributed by atoms with Crippen molar-refractivity contribution in [1.82, 2.24) is 0 Å². The molecule has 1 spiro atoms. The van der Waals surface area contributed by atoms with E-state index in [4.69, 9.17) is 23.2 Å². The van der Waals surface area contributed by atoms with Crippen molar-refractivity contribution in [2.75, 3.05) is 11.9 Å². The van der Waals surface area contributed by atoms with Crippen molar-refractivity contribution in [2.45, 2.75) is 18.8 Å². The summed E-state index contributed by atoms with van der Waals surface area (Å²) in [5.74, 6) is -1.35. The smallest absolute Gasteiger partial charge is 0.311 e. The molecule has 0 bridgehead atoms. The van der Waals surface area contributed by atoms with Gasteiger partial charge in [0.05, 0.1) is 16.6 Å². The molecule has 1 saturated carbocycles. The lowest BCUT2D eigenvalue weighted by atomic mass is 9.79. The van der Waals surface area contributed by atoms with Crippen LogP contribution in [0.1, 0.15) is 24.3 Å². The third-order valence-corrected chi connectivity index (χ3v) is 4.44.